The molecule has 0 atom stereocenters. The van der Waals surface area contributed by atoms with E-state index in [1.54, 1.807) is 36.8 Å². The van der Waals surface area contributed by atoms with Gasteiger partial charge in [0.2, 0.25) is 0 Å². The van der Waals surface area contributed by atoms with Crippen LogP contribution >= 0.6 is 11.6 Å². The van der Waals surface area contributed by atoms with Gasteiger partial charge in [0.05, 0.1) is 23.9 Å². The molecule has 0 bridgehead atoms. The highest BCUT2D eigenvalue weighted by molar-refractivity contribution is 6.33. The van der Waals surface area contributed by atoms with Crippen LogP contribution in [0.15, 0.2) is 36.8 Å². The van der Waals surface area contributed by atoms with Crippen LogP contribution < -0.4 is 5.32 Å². The lowest BCUT2D eigenvalue weighted by molar-refractivity contribution is 0.0601. The Kier molecular flexibility index (Phi) is 3.74. The van der Waals surface area contributed by atoms with Crippen LogP contribution in [0.5, 0.6) is 0 Å². The highest BCUT2D eigenvalue weighted by Crippen LogP contribution is 2.23. The predicted octanol–water partition coefficient (Wildman–Crippen LogP) is 2.66. The molecule has 6 heteroatoms. The maximum Gasteiger partial charge on any atom is 0.339 e. The predicted molar refractivity (Wildman–Crippen MR) is 68.1 cm³/mol. The Labute approximate surface area is 109 Å². The van der Waals surface area contributed by atoms with Crippen LogP contribution in [0, 0.1) is 0 Å². The summed E-state index contributed by atoms with van der Waals surface area (Å²) in [6.45, 7) is 0. The second-order valence-electron chi connectivity index (χ2n) is 3.40. The molecule has 0 aliphatic rings. The molecule has 0 aliphatic carbocycles. The number of nitrogens with zero attached hydrogens (tertiary/aromatic N) is 2. The number of carbonyl (C=O) groups excluding carboxylic acids is 1. The van der Waals surface area contributed by atoms with Gasteiger partial charge in [-0.2, -0.15) is 0 Å². The molecular weight excluding hydrogens is 254 g/mol. The average Bonchev–Trinajstić information content (AvgIpc) is 2.41. The smallest absolute Gasteiger partial charge is 0.339 e. The zero-order valence-electron chi connectivity index (χ0n) is 9.55. The summed E-state index contributed by atoms with van der Waals surface area (Å²) in [6.07, 6.45) is 4.72. The molecule has 5 nitrogen and oxygen atoms in total. The number of esters is 1. The third kappa shape index (κ3) is 2.75. The Balaban J connectivity index is 2.27. The average molecular weight is 264 g/mol. The van der Waals surface area contributed by atoms with E-state index >= 15 is 0 Å². The third-order valence-electron chi connectivity index (χ3n) is 2.21. The topological polar surface area (TPSA) is 64.1 Å². The monoisotopic (exact) mass is 263 g/mol. The van der Waals surface area contributed by atoms with E-state index < -0.39 is 5.97 Å². The quantitative estimate of drug-likeness (QED) is 0.863. The van der Waals surface area contributed by atoms with Gasteiger partial charge in [-0.05, 0) is 18.2 Å². The summed E-state index contributed by atoms with van der Waals surface area (Å²) in [7, 11) is 1.31. The Morgan fingerprint density at radius 3 is 2.89 bits per heavy atom. The molecular formula is C12H10ClN3O2. The largest absolute Gasteiger partial charge is 0.465 e. The number of carbonyl (C=O) groups is 1. The van der Waals surface area contributed by atoms with Gasteiger partial charge in [0.1, 0.15) is 5.82 Å². The highest BCUT2D eigenvalue weighted by Gasteiger charge is 2.11. The molecule has 0 unspecified atom stereocenters. The molecule has 0 saturated heterocycles. The second kappa shape index (κ2) is 5.46. The lowest BCUT2D eigenvalue weighted by Gasteiger charge is -2.07. The van der Waals surface area contributed by atoms with E-state index in [0.29, 0.717) is 22.1 Å². The minimum Gasteiger partial charge on any atom is -0.465 e. The standard InChI is InChI=1S/C12H10ClN3O2/c1-18-12(17)9-6-8(2-3-10(9)13)16-11-7-14-4-5-15-11/h2-7H,1H3,(H,15,16). The van der Waals surface area contributed by atoms with Crippen molar-refractivity contribution in [2.45, 2.75) is 0 Å². The lowest BCUT2D eigenvalue weighted by atomic mass is 10.2. The number of anilines is 2. The van der Waals surface area contributed by atoms with Gasteiger partial charge in [-0.25, -0.2) is 9.78 Å². The van der Waals surface area contributed by atoms with E-state index in [0.717, 1.165) is 0 Å². The van der Waals surface area contributed by atoms with Crippen molar-refractivity contribution in [1.82, 2.24) is 9.97 Å². The molecule has 0 fully saturated rings. The minimum atomic E-state index is -0.484. The Morgan fingerprint density at radius 2 is 2.22 bits per heavy atom. The summed E-state index contributed by atoms with van der Waals surface area (Å²) >= 11 is 5.92. The van der Waals surface area contributed by atoms with Gasteiger partial charge in [-0.3, -0.25) is 4.98 Å². The van der Waals surface area contributed by atoms with Crippen molar-refractivity contribution in [3.63, 3.8) is 0 Å². The second-order valence-corrected chi connectivity index (χ2v) is 3.81. The summed E-state index contributed by atoms with van der Waals surface area (Å²) in [5.74, 6) is 0.0958. The van der Waals surface area contributed by atoms with Crippen LogP contribution in [0.3, 0.4) is 0 Å². The van der Waals surface area contributed by atoms with Crippen molar-refractivity contribution in [2.75, 3.05) is 12.4 Å². The van der Waals surface area contributed by atoms with E-state index in [1.807, 2.05) is 0 Å². The minimum absolute atomic E-state index is 0.299. The van der Waals surface area contributed by atoms with Gasteiger partial charge in [-0.15, -0.1) is 0 Å². The van der Waals surface area contributed by atoms with Gasteiger partial charge in [-0.1, -0.05) is 11.6 Å². The zero-order chi connectivity index (χ0) is 13.0. The third-order valence-corrected chi connectivity index (χ3v) is 2.54. The first-order chi connectivity index (χ1) is 8.70. The molecule has 1 aromatic carbocycles. The molecule has 0 radical (unpaired) electrons. The maximum atomic E-state index is 11.5. The maximum absolute atomic E-state index is 11.5. The highest BCUT2D eigenvalue weighted by atomic mass is 35.5. The summed E-state index contributed by atoms with van der Waals surface area (Å²) in [5.41, 5.74) is 0.980. The van der Waals surface area contributed by atoms with E-state index in [9.17, 15) is 4.79 Å². The number of methoxy groups -OCH3 is 1. The lowest BCUT2D eigenvalue weighted by Crippen LogP contribution is -2.03. The van der Waals surface area contributed by atoms with Crippen LogP contribution in [-0.2, 0) is 4.74 Å². The van der Waals surface area contributed by atoms with Crippen molar-refractivity contribution in [3.8, 4) is 0 Å². The number of nitrogens with one attached hydrogen (secondary N) is 1. The van der Waals surface area contributed by atoms with Gasteiger partial charge in [0, 0.05) is 18.1 Å². The van der Waals surface area contributed by atoms with Crippen LogP contribution in [0.2, 0.25) is 5.02 Å². The van der Waals surface area contributed by atoms with E-state index in [2.05, 4.69) is 20.0 Å². The molecule has 92 valence electrons. The van der Waals surface area contributed by atoms with E-state index in [-0.39, 0.29) is 0 Å². The molecule has 2 rings (SSSR count). The number of ether oxygens (including phenoxy) is 1. The number of benzene rings is 1. The fraction of sp³-hybridized carbons (Fsp3) is 0.0833. The van der Waals surface area contributed by atoms with Crippen molar-refractivity contribution < 1.29 is 9.53 Å². The van der Waals surface area contributed by atoms with Gasteiger partial charge in [0.25, 0.3) is 0 Å². The molecule has 1 aromatic heterocycles. The number of rotatable bonds is 3. The number of hydrogen-bond donors (Lipinski definition) is 1. The number of halogens is 1. The number of aromatic nitrogens is 2. The Morgan fingerprint density at radius 1 is 1.39 bits per heavy atom. The van der Waals surface area contributed by atoms with Gasteiger partial charge >= 0.3 is 5.97 Å². The molecule has 1 N–H and O–H groups in total. The molecule has 0 aliphatic heterocycles. The van der Waals surface area contributed by atoms with Crippen LogP contribution in [-0.4, -0.2) is 23.0 Å². The first-order valence-electron chi connectivity index (χ1n) is 5.11. The molecule has 0 amide bonds. The molecule has 1 heterocycles. The van der Waals surface area contributed by atoms with Gasteiger partial charge in [0.15, 0.2) is 0 Å². The van der Waals surface area contributed by atoms with E-state index in [1.165, 1.54) is 7.11 Å². The van der Waals surface area contributed by atoms with Crippen LogP contribution in [0.4, 0.5) is 11.5 Å². The van der Waals surface area contributed by atoms with Crippen LogP contribution in [0.1, 0.15) is 10.4 Å². The summed E-state index contributed by atoms with van der Waals surface area (Å²) < 4.78 is 4.64. The van der Waals surface area contributed by atoms with Gasteiger partial charge < -0.3 is 10.1 Å². The van der Waals surface area contributed by atoms with E-state index in [4.69, 9.17) is 11.6 Å². The fourth-order valence-corrected chi connectivity index (χ4v) is 1.58. The first kappa shape index (κ1) is 12.3. The Hall–Kier alpha value is -2.14. The summed E-state index contributed by atoms with van der Waals surface area (Å²) in [5, 5.41) is 3.35. The first-order valence-corrected chi connectivity index (χ1v) is 5.49. The van der Waals surface area contributed by atoms with Crippen molar-refractivity contribution in [2.24, 2.45) is 0 Å². The van der Waals surface area contributed by atoms with Crippen LogP contribution in [0.25, 0.3) is 0 Å². The van der Waals surface area contributed by atoms with Crippen molar-refractivity contribution in [3.05, 3.63) is 47.4 Å². The fourth-order valence-electron chi connectivity index (χ4n) is 1.38. The SMILES string of the molecule is COC(=O)c1cc(Nc2cnccn2)ccc1Cl. The van der Waals surface area contributed by atoms with Crippen molar-refractivity contribution >= 4 is 29.1 Å². The van der Waals surface area contributed by atoms with Crippen molar-refractivity contribution in [1.29, 1.82) is 0 Å². The summed E-state index contributed by atoms with van der Waals surface area (Å²) in [6, 6.07) is 4.96. The summed E-state index contributed by atoms with van der Waals surface area (Å²) in [4.78, 5) is 19.5. The normalized spacial score (nSPS) is 9.89. The number of hydrogen-bond acceptors (Lipinski definition) is 5. The zero-order valence-corrected chi connectivity index (χ0v) is 10.3. The molecule has 18 heavy (non-hydrogen) atoms. The molecule has 2 aromatic rings. The Bertz CT molecular complexity index is 561. The molecule has 0 saturated carbocycles. The molecule has 0 spiro atoms.